The van der Waals surface area contributed by atoms with Crippen LogP contribution in [-0.2, 0) is 117 Å². The summed E-state index contributed by atoms with van der Waals surface area (Å²) in [5, 5.41) is 0. The van der Waals surface area contributed by atoms with Crippen molar-refractivity contribution in [1.29, 1.82) is 0 Å². The van der Waals surface area contributed by atoms with Crippen molar-refractivity contribution in [1.82, 2.24) is 4.90 Å². The minimum Gasteiger partial charge on any atom is -0.463 e. The highest BCUT2D eigenvalue weighted by Crippen LogP contribution is 2.42. The minimum atomic E-state index is -1.88. The molecule has 0 N–H and O–H groups in total. The number of amides is 2. The number of imide groups is 1. The Morgan fingerprint density at radius 3 is 1.45 bits per heavy atom. The average molecular weight is 1250 g/mol. The first-order chi connectivity index (χ1) is 44.4. The van der Waals surface area contributed by atoms with Gasteiger partial charge in [-0.25, -0.2) is 0 Å². The zero-order valence-electron chi connectivity index (χ0n) is 50.2. The second kappa shape index (κ2) is 30.9. The van der Waals surface area contributed by atoms with Crippen LogP contribution in [0.5, 0.6) is 0 Å². The van der Waals surface area contributed by atoms with Crippen molar-refractivity contribution in [3.05, 3.63) is 215 Å². The van der Waals surface area contributed by atoms with Crippen LogP contribution < -0.4 is 0 Å². The lowest BCUT2D eigenvalue weighted by Crippen LogP contribution is -2.70. The molecule has 0 spiro atoms. The van der Waals surface area contributed by atoms with Crippen LogP contribution in [0.2, 0.25) is 0 Å². The van der Waals surface area contributed by atoms with Gasteiger partial charge in [-0.3, -0.25) is 28.9 Å². The van der Waals surface area contributed by atoms with E-state index in [0.717, 1.165) is 47.9 Å². The van der Waals surface area contributed by atoms with E-state index in [9.17, 15) is 28.8 Å². The fourth-order valence-corrected chi connectivity index (χ4v) is 11.8. The summed E-state index contributed by atoms with van der Waals surface area (Å²) >= 11 is 0. The molecular weight excluding hydrogens is 1180 g/mol. The zero-order chi connectivity index (χ0) is 63.2. The molecule has 4 fully saturated rings. The van der Waals surface area contributed by atoms with Crippen LogP contribution in [0.1, 0.15) is 75.6 Å². The van der Waals surface area contributed by atoms with E-state index in [4.69, 9.17) is 71.1 Å². The molecule has 0 aromatic heterocycles. The Morgan fingerprint density at radius 1 is 0.462 bits per heavy atom. The first kappa shape index (κ1) is 64.6. The lowest BCUT2D eigenvalue weighted by Gasteiger charge is -2.52. The summed E-state index contributed by atoms with van der Waals surface area (Å²) in [6.45, 7) is 2.12. The van der Waals surface area contributed by atoms with Gasteiger partial charge in [-0.15, -0.1) is 0 Å². The molecule has 2 amide bonds. The van der Waals surface area contributed by atoms with Gasteiger partial charge in [0, 0.05) is 26.3 Å². The summed E-state index contributed by atoms with van der Waals surface area (Å²) in [7, 11) is 0. The van der Waals surface area contributed by atoms with Crippen LogP contribution in [0.25, 0.3) is 0 Å². The van der Waals surface area contributed by atoms with Crippen molar-refractivity contribution in [2.45, 2.75) is 146 Å². The predicted molar refractivity (Wildman–Crippen MR) is 317 cm³/mol. The minimum absolute atomic E-state index is 0.0151. The summed E-state index contributed by atoms with van der Waals surface area (Å²) in [5.74, 6) is -4.15. The van der Waals surface area contributed by atoms with Gasteiger partial charge in [-0.1, -0.05) is 164 Å². The molecule has 6 aromatic rings. The van der Waals surface area contributed by atoms with Gasteiger partial charge in [0.15, 0.2) is 37.4 Å². The maximum atomic E-state index is 14.9. The standard InChI is InChI=1S/C69H71NO21/c1-42(72)78-39-53-57(85-43(2)73)59(86-44(3)74)55(70-64(75)50-31-19-20-32-51(50)65(70)76)67(87-53)91-63-61(81-37-47-25-13-6-14-26-47)58-54(41-83-66(90-58)49-29-17-8-18-30-49)89-69(63)84-40-52-56(79-35-45-21-9-4-10-22-45)60(80-36-46-23-11-5-12-24-46)62(68(88-52)77-34-33-71)82-38-48-27-15-7-16-28-48/h4-33,52-63,66-69H,34-41H2,1-3H3/t52-,53-,54-,55-,56-,57-,58-,59-,60+,61+,62-,63+,66-,67+,68-,69+/m1/s1. The number of hydrogen-bond acceptors (Lipinski definition) is 21. The molecule has 0 bridgehead atoms. The summed E-state index contributed by atoms with van der Waals surface area (Å²) in [6.07, 6.45) is -18.9. The third-order valence-corrected chi connectivity index (χ3v) is 15.9. The molecule has 0 unspecified atom stereocenters. The van der Waals surface area contributed by atoms with Crippen LogP contribution in [0.3, 0.4) is 0 Å². The van der Waals surface area contributed by atoms with E-state index in [-0.39, 0.29) is 50.8 Å². The topological polar surface area (TPSA) is 244 Å². The molecule has 5 heterocycles. The van der Waals surface area contributed by atoms with Gasteiger partial charge >= 0.3 is 17.9 Å². The van der Waals surface area contributed by atoms with Crippen molar-refractivity contribution in [2.75, 3.05) is 26.4 Å². The fourth-order valence-electron chi connectivity index (χ4n) is 11.8. The van der Waals surface area contributed by atoms with Crippen LogP contribution in [0.15, 0.2) is 176 Å². The van der Waals surface area contributed by atoms with E-state index in [1.165, 1.54) is 12.1 Å². The van der Waals surface area contributed by atoms with E-state index >= 15 is 0 Å². The number of nitrogens with zero attached hydrogens (tertiary/aromatic N) is 1. The normalized spacial score (nSPS) is 28.7. The Balaban J connectivity index is 1.02. The molecule has 478 valence electrons. The van der Waals surface area contributed by atoms with Crippen molar-refractivity contribution < 1.29 is 99.8 Å². The molecule has 91 heavy (non-hydrogen) atoms. The van der Waals surface area contributed by atoms with Crippen molar-refractivity contribution >= 4 is 36.0 Å². The van der Waals surface area contributed by atoms with Crippen molar-refractivity contribution in [3.8, 4) is 0 Å². The molecule has 11 rings (SSSR count). The Kier molecular flexibility index (Phi) is 21.9. The molecule has 0 radical (unpaired) electrons. The number of carbonyl (C=O) groups is 6. The maximum absolute atomic E-state index is 14.9. The Morgan fingerprint density at radius 2 is 0.923 bits per heavy atom. The van der Waals surface area contributed by atoms with Crippen molar-refractivity contribution in [2.24, 2.45) is 0 Å². The summed E-state index contributed by atoms with van der Waals surface area (Å²) in [4.78, 5) is 81.9. The van der Waals surface area contributed by atoms with Gasteiger partial charge in [0.1, 0.15) is 80.5 Å². The van der Waals surface area contributed by atoms with Crippen LogP contribution in [0.4, 0.5) is 0 Å². The zero-order valence-corrected chi connectivity index (χ0v) is 50.2. The number of fused-ring (bicyclic) bond motifs is 2. The van der Waals surface area contributed by atoms with E-state index in [0.29, 0.717) is 11.8 Å². The van der Waals surface area contributed by atoms with Gasteiger partial charge in [-0.05, 0) is 34.4 Å². The first-order valence-corrected chi connectivity index (χ1v) is 30.1. The molecule has 6 aromatic carbocycles. The Hall–Kier alpha value is -7.94. The van der Waals surface area contributed by atoms with E-state index < -0.39 is 141 Å². The SMILES string of the molecule is CC(=O)OC[C@H]1O[C@@H](O[C@@H]2[C@@H](OC[C@H]3O[C@@H](OCC=O)[C@H](OCc4ccccc4)[C@@H](OCc4ccccc4)[C@@H]3OCc3ccccc3)O[C@@H]3CO[C@@H](c4ccccc4)O[C@H]3[C@@H]2OCc2ccccc2)[C@H](N2C(=O)c3ccccc3C2=O)[C@@H](OC(C)=O)[C@@H]1OC(C)=O. The van der Waals surface area contributed by atoms with E-state index in [1.807, 2.05) is 152 Å². The lowest BCUT2D eigenvalue weighted by atomic mass is 9.93. The molecule has 0 saturated carbocycles. The number of esters is 3. The molecular formula is C69H71NO21. The highest BCUT2D eigenvalue weighted by Gasteiger charge is 2.61. The maximum Gasteiger partial charge on any atom is 0.303 e. The predicted octanol–water partition coefficient (Wildman–Crippen LogP) is 7.33. The number of benzene rings is 6. The summed E-state index contributed by atoms with van der Waals surface area (Å²) in [6, 6.07) is 51.4. The van der Waals surface area contributed by atoms with Gasteiger partial charge in [-0.2, -0.15) is 0 Å². The average Bonchev–Trinajstić information content (AvgIpc) is 1.72. The van der Waals surface area contributed by atoms with E-state index in [2.05, 4.69) is 0 Å². The third kappa shape index (κ3) is 15.9. The fraction of sp³-hybridized carbons (Fsp3) is 0.391. The molecule has 5 aliphatic heterocycles. The molecule has 0 aliphatic carbocycles. The monoisotopic (exact) mass is 1250 g/mol. The largest absolute Gasteiger partial charge is 0.463 e. The molecule has 22 nitrogen and oxygen atoms in total. The number of ether oxygens (including phenoxy) is 15. The Labute approximate surface area is 525 Å². The van der Waals surface area contributed by atoms with Crippen LogP contribution in [-0.4, -0.2) is 159 Å². The second-order valence-electron chi connectivity index (χ2n) is 22.3. The highest BCUT2D eigenvalue weighted by molar-refractivity contribution is 6.21. The van der Waals surface area contributed by atoms with Gasteiger partial charge < -0.3 is 75.8 Å². The molecule has 5 aliphatic rings. The second-order valence-corrected chi connectivity index (χ2v) is 22.3. The molecule has 16 atom stereocenters. The molecule has 4 saturated heterocycles. The highest BCUT2D eigenvalue weighted by atomic mass is 16.8. The van der Waals surface area contributed by atoms with Crippen molar-refractivity contribution in [3.63, 3.8) is 0 Å². The van der Waals surface area contributed by atoms with Crippen LogP contribution >= 0.6 is 0 Å². The molecule has 22 heteroatoms. The first-order valence-electron chi connectivity index (χ1n) is 30.1. The summed E-state index contributed by atoms with van der Waals surface area (Å²) in [5.41, 5.74) is 3.94. The van der Waals surface area contributed by atoms with Gasteiger partial charge in [0.2, 0.25) is 0 Å². The number of carbonyl (C=O) groups excluding carboxylic acids is 6. The Bertz CT molecular complexity index is 3330. The van der Waals surface area contributed by atoms with Gasteiger partial charge in [0.05, 0.1) is 50.8 Å². The smallest absolute Gasteiger partial charge is 0.303 e. The number of aldehydes is 1. The van der Waals surface area contributed by atoms with E-state index in [1.54, 1.807) is 12.1 Å². The quantitative estimate of drug-likeness (QED) is 0.0223. The third-order valence-electron chi connectivity index (χ3n) is 15.9. The lowest BCUT2D eigenvalue weighted by molar-refractivity contribution is -0.398. The summed E-state index contributed by atoms with van der Waals surface area (Å²) < 4.78 is 99.5. The number of hydrogen-bond donors (Lipinski definition) is 0. The number of rotatable bonds is 26. The van der Waals surface area contributed by atoms with Gasteiger partial charge in [0.25, 0.3) is 11.8 Å². The van der Waals surface area contributed by atoms with Crippen LogP contribution in [0, 0.1) is 0 Å².